The molecule has 5 rings (SSSR count). The van der Waals surface area contributed by atoms with E-state index in [4.69, 9.17) is 18.9 Å². The van der Waals surface area contributed by atoms with Crippen LogP contribution in [0.3, 0.4) is 0 Å². The van der Waals surface area contributed by atoms with E-state index in [0.717, 1.165) is 40.8 Å². The van der Waals surface area contributed by atoms with Gasteiger partial charge in [0.2, 0.25) is 5.75 Å². The van der Waals surface area contributed by atoms with Gasteiger partial charge in [-0.3, -0.25) is 0 Å². The number of ether oxygens (including phenoxy) is 4. The van der Waals surface area contributed by atoms with Gasteiger partial charge in [-0.25, -0.2) is 0 Å². The minimum atomic E-state index is -0.205. The van der Waals surface area contributed by atoms with Crippen LogP contribution in [0.5, 0.6) is 28.7 Å². The van der Waals surface area contributed by atoms with Crippen LogP contribution < -0.4 is 24.3 Å². The number of phenolic OH excluding ortho intramolecular Hbond substituents is 1. The average molecular weight is 498 g/mol. The molecule has 1 heterocycles. The van der Waals surface area contributed by atoms with E-state index in [-0.39, 0.29) is 11.8 Å². The smallest absolute Gasteiger partial charge is 0.203 e. The summed E-state index contributed by atoms with van der Waals surface area (Å²) in [6.45, 7) is 1.55. The van der Waals surface area contributed by atoms with Crippen molar-refractivity contribution in [2.24, 2.45) is 0 Å². The van der Waals surface area contributed by atoms with E-state index in [2.05, 4.69) is 5.32 Å². The molecule has 2 N–H and O–H groups in total. The van der Waals surface area contributed by atoms with Gasteiger partial charge in [-0.2, -0.15) is 0 Å². The summed E-state index contributed by atoms with van der Waals surface area (Å²) in [7, 11) is 3.26. The molecule has 37 heavy (non-hydrogen) atoms. The fourth-order valence-corrected chi connectivity index (χ4v) is 4.73. The van der Waals surface area contributed by atoms with Gasteiger partial charge in [-0.1, -0.05) is 66.7 Å². The first-order valence-corrected chi connectivity index (χ1v) is 12.4. The summed E-state index contributed by atoms with van der Waals surface area (Å²) in [6.07, 6.45) is 0.818. The van der Waals surface area contributed by atoms with E-state index in [0.29, 0.717) is 36.2 Å². The molecule has 0 aliphatic carbocycles. The summed E-state index contributed by atoms with van der Waals surface area (Å²) in [5, 5.41) is 14.4. The molecule has 1 aliphatic heterocycles. The van der Waals surface area contributed by atoms with Crippen LogP contribution in [0.2, 0.25) is 0 Å². The number of nitrogens with one attached hydrogen (secondary N) is 1. The molecular weight excluding hydrogens is 466 g/mol. The summed E-state index contributed by atoms with van der Waals surface area (Å²) < 4.78 is 23.7. The summed E-state index contributed by atoms with van der Waals surface area (Å²) in [5.41, 5.74) is 5.10. The fourth-order valence-electron chi connectivity index (χ4n) is 4.73. The van der Waals surface area contributed by atoms with Gasteiger partial charge >= 0.3 is 0 Å². The Morgan fingerprint density at radius 3 is 2.05 bits per heavy atom. The Kier molecular flexibility index (Phi) is 7.47. The molecule has 1 atom stereocenters. The van der Waals surface area contributed by atoms with Crippen molar-refractivity contribution >= 4 is 0 Å². The lowest BCUT2D eigenvalue weighted by molar-refractivity contribution is 0.268. The maximum atomic E-state index is 10.8. The monoisotopic (exact) mass is 497 g/mol. The van der Waals surface area contributed by atoms with E-state index in [1.54, 1.807) is 20.3 Å². The van der Waals surface area contributed by atoms with Crippen molar-refractivity contribution < 1.29 is 24.1 Å². The van der Waals surface area contributed by atoms with Crippen LogP contribution in [0.4, 0.5) is 0 Å². The van der Waals surface area contributed by atoms with Crippen LogP contribution in [0, 0.1) is 0 Å². The van der Waals surface area contributed by atoms with Gasteiger partial charge in [-0.05, 0) is 46.9 Å². The summed E-state index contributed by atoms with van der Waals surface area (Å²) in [6, 6.07) is 27.3. The number of phenols is 1. The minimum absolute atomic E-state index is 0.0922. The van der Waals surface area contributed by atoms with Crippen LogP contribution >= 0.6 is 0 Å². The average Bonchev–Trinajstić information content (AvgIpc) is 2.95. The number of methoxy groups -OCH3 is 2. The van der Waals surface area contributed by atoms with Crippen LogP contribution in [0.25, 0.3) is 0 Å². The summed E-state index contributed by atoms with van der Waals surface area (Å²) in [5.74, 6) is 2.36. The molecule has 4 aromatic rings. The van der Waals surface area contributed by atoms with E-state index < -0.39 is 0 Å². The lowest BCUT2D eigenvalue weighted by Crippen LogP contribution is -2.31. The Hall–Kier alpha value is -4.16. The molecule has 1 aliphatic rings. The zero-order valence-electron chi connectivity index (χ0n) is 21.1. The Labute approximate surface area is 217 Å². The van der Waals surface area contributed by atoms with Crippen molar-refractivity contribution in [3.63, 3.8) is 0 Å². The second kappa shape index (κ2) is 11.3. The standard InChI is InChI=1S/C31H31NO5/c1-34-27-18-23-15-16-32-29(28(23)31(30(27)35-2)37-20-22-11-7-4-8-12-22)24-13-14-26(25(33)17-24)36-19-21-9-5-3-6-10-21/h3-14,17-18,29,32-33H,15-16,19-20H2,1-2H3. The number of benzene rings is 4. The maximum absolute atomic E-state index is 10.8. The first-order chi connectivity index (χ1) is 18.2. The molecule has 4 aromatic carbocycles. The highest BCUT2D eigenvalue weighted by Crippen LogP contribution is 2.48. The predicted molar refractivity (Wildman–Crippen MR) is 143 cm³/mol. The predicted octanol–water partition coefficient (Wildman–Crippen LogP) is 5.80. The number of hydrogen-bond donors (Lipinski definition) is 2. The molecule has 6 nitrogen and oxygen atoms in total. The molecular formula is C31H31NO5. The molecule has 0 amide bonds. The van der Waals surface area contributed by atoms with Crippen LogP contribution in [-0.4, -0.2) is 25.9 Å². The molecule has 190 valence electrons. The highest BCUT2D eigenvalue weighted by molar-refractivity contribution is 5.63. The summed E-state index contributed by atoms with van der Waals surface area (Å²) >= 11 is 0. The van der Waals surface area contributed by atoms with Gasteiger partial charge in [-0.15, -0.1) is 0 Å². The number of rotatable bonds is 9. The molecule has 0 fully saturated rings. The van der Waals surface area contributed by atoms with Crippen molar-refractivity contribution in [2.75, 3.05) is 20.8 Å². The third-order valence-electron chi connectivity index (χ3n) is 6.56. The van der Waals surface area contributed by atoms with Crippen LogP contribution in [-0.2, 0) is 19.6 Å². The molecule has 1 unspecified atom stereocenters. The normalized spacial score (nSPS) is 14.5. The Morgan fingerprint density at radius 2 is 1.43 bits per heavy atom. The number of aromatic hydroxyl groups is 1. The molecule has 0 bridgehead atoms. The lowest BCUT2D eigenvalue weighted by atomic mass is 9.88. The van der Waals surface area contributed by atoms with E-state index in [1.165, 1.54) is 0 Å². The van der Waals surface area contributed by atoms with Gasteiger partial charge in [0.1, 0.15) is 13.2 Å². The molecule has 6 heteroatoms. The van der Waals surface area contributed by atoms with E-state index >= 15 is 0 Å². The minimum Gasteiger partial charge on any atom is -0.504 e. The van der Waals surface area contributed by atoms with Crippen molar-refractivity contribution in [1.82, 2.24) is 5.32 Å². The Balaban J connectivity index is 1.48. The van der Waals surface area contributed by atoms with Crippen LogP contribution in [0.1, 0.15) is 33.9 Å². The van der Waals surface area contributed by atoms with Gasteiger partial charge in [0.05, 0.1) is 20.3 Å². The Bertz CT molecular complexity index is 1340. The second-order valence-corrected chi connectivity index (χ2v) is 8.93. The first kappa shape index (κ1) is 24.5. The van der Waals surface area contributed by atoms with Crippen molar-refractivity contribution in [1.29, 1.82) is 0 Å². The van der Waals surface area contributed by atoms with E-state index in [9.17, 15) is 5.11 Å². The second-order valence-electron chi connectivity index (χ2n) is 8.93. The highest BCUT2D eigenvalue weighted by Gasteiger charge is 2.31. The molecule has 0 aromatic heterocycles. The number of fused-ring (bicyclic) bond motifs is 1. The maximum Gasteiger partial charge on any atom is 0.203 e. The number of hydrogen-bond acceptors (Lipinski definition) is 6. The zero-order chi connectivity index (χ0) is 25.6. The zero-order valence-corrected chi connectivity index (χ0v) is 21.1. The summed E-state index contributed by atoms with van der Waals surface area (Å²) in [4.78, 5) is 0. The van der Waals surface area contributed by atoms with Gasteiger partial charge < -0.3 is 29.4 Å². The SMILES string of the molecule is COc1cc2c(c(OCc3ccccc3)c1OC)C(c1ccc(OCc3ccccc3)c(O)c1)NCC2. The van der Waals surface area contributed by atoms with Crippen molar-refractivity contribution in [3.05, 3.63) is 113 Å². The largest absolute Gasteiger partial charge is 0.504 e. The third kappa shape index (κ3) is 5.34. The molecule has 0 saturated carbocycles. The van der Waals surface area contributed by atoms with Gasteiger partial charge in [0.25, 0.3) is 0 Å². The van der Waals surface area contributed by atoms with Crippen molar-refractivity contribution in [2.45, 2.75) is 25.7 Å². The Morgan fingerprint density at radius 1 is 0.757 bits per heavy atom. The highest BCUT2D eigenvalue weighted by atomic mass is 16.5. The quantitative estimate of drug-likeness (QED) is 0.305. The fraction of sp³-hybridized carbons (Fsp3) is 0.226. The third-order valence-corrected chi connectivity index (χ3v) is 6.56. The first-order valence-electron chi connectivity index (χ1n) is 12.4. The van der Waals surface area contributed by atoms with Crippen molar-refractivity contribution in [3.8, 4) is 28.7 Å². The van der Waals surface area contributed by atoms with Crippen LogP contribution in [0.15, 0.2) is 84.9 Å². The lowest BCUT2D eigenvalue weighted by Gasteiger charge is -2.31. The molecule has 0 spiro atoms. The molecule has 0 radical (unpaired) electrons. The topological polar surface area (TPSA) is 69.2 Å². The molecule has 0 saturated heterocycles. The van der Waals surface area contributed by atoms with E-state index in [1.807, 2.05) is 78.9 Å². The van der Waals surface area contributed by atoms with Gasteiger partial charge in [0.15, 0.2) is 23.0 Å². The van der Waals surface area contributed by atoms with Gasteiger partial charge in [0, 0.05) is 12.1 Å².